The van der Waals surface area contributed by atoms with Crippen LogP contribution in [0, 0.1) is 19.8 Å². The zero-order valence-corrected chi connectivity index (χ0v) is 15.1. The average molecular weight is 340 g/mol. The van der Waals surface area contributed by atoms with Crippen LogP contribution in [-0.2, 0) is 11.3 Å². The third-order valence-corrected chi connectivity index (χ3v) is 6.54. The molecule has 22 heavy (non-hydrogen) atoms. The van der Waals surface area contributed by atoms with Crippen LogP contribution >= 0.6 is 23.1 Å². The van der Waals surface area contributed by atoms with Crippen molar-refractivity contribution in [1.82, 2.24) is 14.8 Å². The van der Waals surface area contributed by atoms with E-state index in [1.165, 1.54) is 4.88 Å². The van der Waals surface area contributed by atoms with E-state index >= 15 is 0 Å². The van der Waals surface area contributed by atoms with E-state index in [9.17, 15) is 4.79 Å². The van der Waals surface area contributed by atoms with Crippen LogP contribution in [0.2, 0.25) is 0 Å². The minimum atomic E-state index is 0.200. The van der Waals surface area contributed by atoms with Gasteiger partial charge in [0.2, 0.25) is 5.91 Å². The molecule has 1 aromatic heterocycles. The Bertz CT molecular complexity index is 525. The van der Waals surface area contributed by atoms with Crippen LogP contribution in [0.15, 0.2) is 0 Å². The highest BCUT2D eigenvalue weighted by atomic mass is 32.2. The largest absolute Gasteiger partial charge is 0.341 e. The molecule has 2 aliphatic rings. The van der Waals surface area contributed by atoms with Crippen molar-refractivity contribution in [3.05, 3.63) is 15.6 Å². The van der Waals surface area contributed by atoms with Crippen LogP contribution < -0.4 is 0 Å². The van der Waals surface area contributed by atoms with Gasteiger partial charge in [0.15, 0.2) is 0 Å². The number of carbonyl (C=O) groups is 1. The number of carbonyl (C=O) groups excluding carboxylic acids is 1. The molecule has 0 N–H and O–H groups in total. The molecule has 122 valence electrons. The fourth-order valence-electron chi connectivity index (χ4n) is 3.37. The first-order chi connectivity index (χ1) is 10.6. The van der Waals surface area contributed by atoms with Crippen LogP contribution in [0.3, 0.4) is 0 Å². The number of piperidine rings is 1. The van der Waals surface area contributed by atoms with Gasteiger partial charge in [0, 0.05) is 42.6 Å². The fraction of sp³-hybridized carbons (Fsp3) is 0.750. The highest BCUT2D eigenvalue weighted by Crippen LogP contribution is 2.25. The Morgan fingerprint density at radius 1 is 1.27 bits per heavy atom. The smallest absolute Gasteiger partial charge is 0.227 e. The van der Waals surface area contributed by atoms with Gasteiger partial charge in [-0.25, -0.2) is 4.98 Å². The zero-order chi connectivity index (χ0) is 15.5. The third kappa shape index (κ3) is 3.84. The molecule has 0 aromatic carbocycles. The van der Waals surface area contributed by atoms with Gasteiger partial charge in [0.05, 0.1) is 16.6 Å². The van der Waals surface area contributed by atoms with Gasteiger partial charge in [-0.15, -0.1) is 11.3 Å². The van der Waals surface area contributed by atoms with Gasteiger partial charge in [0.1, 0.15) is 0 Å². The summed E-state index contributed by atoms with van der Waals surface area (Å²) in [7, 11) is 0. The van der Waals surface area contributed by atoms with E-state index in [0.29, 0.717) is 5.91 Å². The first kappa shape index (κ1) is 16.3. The Hall–Kier alpha value is -0.590. The Balaban J connectivity index is 1.59. The van der Waals surface area contributed by atoms with Crippen molar-refractivity contribution >= 4 is 29.0 Å². The summed E-state index contributed by atoms with van der Waals surface area (Å²) < 4.78 is 0. The van der Waals surface area contributed by atoms with Crippen molar-refractivity contribution in [2.45, 2.75) is 33.2 Å². The molecule has 1 unspecified atom stereocenters. The van der Waals surface area contributed by atoms with Gasteiger partial charge >= 0.3 is 0 Å². The molecular weight excluding hydrogens is 314 g/mol. The number of nitrogens with zero attached hydrogens (tertiary/aromatic N) is 3. The lowest BCUT2D eigenvalue weighted by Crippen LogP contribution is -2.47. The molecule has 3 rings (SSSR count). The molecule has 6 heteroatoms. The lowest BCUT2D eigenvalue weighted by atomic mass is 9.96. The van der Waals surface area contributed by atoms with E-state index in [-0.39, 0.29) is 5.92 Å². The number of thioether (sulfide) groups is 1. The van der Waals surface area contributed by atoms with Gasteiger partial charge in [-0.1, -0.05) is 0 Å². The van der Waals surface area contributed by atoms with Crippen molar-refractivity contribution in [2.75, 3.05) is 37.7 Å². The Morgan fingerprint density at radius 3 is 2.73 bits per heavy atom. The summed E-state index contributed by atoms with van der Waals surface area (Å²) in [5, 5.41) is 1.14. The standard InChI is InChI=1S/C16H25N3OS2/c1-12-15(22-13(2)17-12)11-18-5-3-4-14(10-18)16(20)19-6-8-21-9-7-19/h14H,3-11H2,1-2H3. The summed E-state index contributed by atoms with van der Waals surface area (Å²) in [4.78, 5) is 23.1. The third-order valence-electron chi connectivity index (χ3n) is 4.54. The minimum Gasteiger partial charge on any atom is -0.341 e. The molecule has 1 atom stereocenters. The Kier molecular flexibility index (Phi) is 5.42. The van der Waals surface area contributed by atoms with Gasteiger partial charge < -0.3 is 4.90 Å². The molecule has 2 saturated heterocycles. The predicted octanol–water partition coefficient (Wildman–Crippen LogP) is 2.55. The van der Waals surface area contributed by atoms with Crippen LogP contribution in [-0.4, -0.2) is 58.4 Å². The summed E-state index contributed by atoms with van der Waals surface area (Å²) >= 11 is 3.75. The van der Waals surface area contributed by atoms with Crippen molar-refractivity contribution in [2.24, 2.45) is 5.92 Å². The van der Waals surface area contributed by atoms with Crippen LogP contribution in [0.25, 0.3) is 0 Å². The van der Waals surface area contributed by atoms with Crippen molar-refractivity contribution < 1.29 is 4.79 Å². The van der Waals surface area contributed by atoms with Gasteiger partial charge in [-0.2, -0.15) is 11.8 Å². The molecule has 3 heterocycles. The number of rotatable bonds is 3. The molecular formula is C16H25N3OS2. The van der Waals surface area contributed by atoms with E-state index in [4.69, 9.17) is 0 Å². The highest BCUT2D eigenvalue weighted by molar-refractivity contribution is 7.99. The highest BCUT2D eigenvalue weighted by Gasteiger charge is 2.30. The maximum atomic E-state index is 12.7. The van der Waals surface area contributed by atoms with Crippen LogP contribution in [0.4, 0.5) is 0 Å². The number of aryl methyl sites for hydroxylation is 2. The number of hydrogen-bond donors (Lipinski definition) is 0. The fourth-order valence-corrected chi connectivity index (χ4v) is 5.25. The summed E-state index contributed by atoms with van der Waals surface area (Å²) in [6.07, 6.45) is 2.19. The monoisotopic (exact) mass is 339 g/mol. The molecule has 0 aliphatic carbocycles. The summed E-state index contributed by atoms with van der Waals surface area (Å²) in [5.41, 5.74) is 1.16. The minimum absolute atomic E-state index is 0.200. The zero-order valence-electron chi connectivity index (χ0n) is 13.5. The lowest BCUT2D eigenvalue weighted by molar-refractivity contribution is -0.137. The first-order valence-electron chi connectivity index (χ1n) is 8.15. The average Bonchev–Trinajstić information content (AvgIpc) is 2.85. The molecule has 2 aliphatic heterocycles. The van der Waals surface area contributed by atoms with Gasteiger partial charge in [0.25, 0.3) is 0 Å². The van der Waals surface area contributed by atoms with Gasteiger partial charge in [-0.3, -0.25) is 9.69 Å². The summed E-state index contributed by atoms with van der Waals surface area (Å²) in [5.74, 6) is 2.79. The van der Waals surface area contributed by atoms with Gasteiger partial charge in [-0.05, 0) is 33.2 Å². The molecule has 0 saturated carbocycles. The number of thiazole rings is 1. The number of likely N-dealkylation sites (tertiary alicyclic amines) is 1. The second-order valence-electron chi connectivity index (χ2n) is 6.25. The van der Waals surface area contributed by atoms with E-state index in [1.807, 2.05) is 11.8 Å². The Morgan fingerprint density at radius 2 is 2.05 bits per heavy atom. The molecule has 0 bridgehead atoms. The molecule has 2 fully saturated rings. The van der Waals surface area contributed by atoms with Crippen LogP contribution in [0.5, 0.6) is 0 Å². The van der Waals surface area contributed by atoms with Crippen molar-refractivity contribution in [3.63, 3.8) is 0 Å². The SMILES string of the molecule is Cc1nc(C)c(CN2CCCC(C(=O)N3CCSCC3)C2)s1. The topological polar surface area (TPSA) is 36.4 Å². The van der Waals surface area contributed by atoms with E-state index in [0.717, 1.165) is 67.8 Å². The van der Waals surface area contributed by atoms with Crippen molar-refractivity contribution in [1.29, 1.82) is 0 Å². The predicted molar refractivity (Wildman–Crippen MR) is 93.5 cm³/mol. The first-order valence-corrected chi connectivity index (χ1v) is 10.1. The summed E-state index contributed by atoms with van der Waals surface area (Å²) in [6, 6.07) is 0. The van der Waals surface area contributed by atoms with E-state index < -0.39 is 0 Å². The van der Waals surface area contributed by atoms with Crippen molar-refractivity contribution in [3.8, 4) is 0 Å². The quantitative estimate of drug-likeness (QED) is 0.848. The number of amides is 1. The summed E-state index contributed by atoms with van der Waals surface area (Å²) in [6.45, 7) is 9.01. The second-order valence-corrected chi connectivity index (χ2v) is 8.77. The van der Waals surface area contributed by atoms with E-state index in [1.54, 1.807) is 11.3 Å². The molecule has 1 amide bonds. The molecule has 4 nitrogen and oxygen atoms in total. The molecule has 1 aromatic rings. The maximum Gasteiger partial charge on any atom is 0.227 e. The van der Waals surface area contributed by atoms with Crippen LogP contribution in [0.1, 0.15) is 28.4 Å². The molecule has 0 radical (unpaired) electrons. The Labute approximate surface area is 141 Å². The maximum absolute atomic E-state index is 12.7. The number of aromatic nitrogens is 1. The normalized spacial score (nSPS) is 23.7. The number of hydrogen-bond acceptors (Lipinski definition) is 5. The van der Waals surface area contributed by atoms with E-state index in [2.05, 4.69) is 28.6 Å². The lowest BCUT2D eigenvalue weighted by Gasteiger charge is -2.36. The second kappa shape index (κ2) is 7.32. The molecule has 0 spiro atoms.